The number of aryl methyl sites for hydroxylation is 1. The first kappa shape index (κ1) is 11.1. The van der Waals surface area contributed by atoms with Crippen LogP contribution in [0, 0.1) is 0 Å². The second-order valence-electron chi connectivity index (χ2n) is 4.31. The summed E-state index contributed by atoms with van der Waals surface area (Å²) in [4.78, 5) is 15.7. The SMILES string of the molecule is CCc1ccc(CC2=CC(=O)CCC2)nc1. The Morgan fingerprint density at radius 3 is 2.81 bits per heavy atom. The molecule has 0 unspecified atom stereocenters. The van der Waals surface area contributed by atoms with Gasteiger partial charge in [0.05, 0.1) is 0 Å². The molecule has 0 saturated heterocycles. The molecule has 0 amide bonds. The minimum Gasteiger partial charge on any atom is -0.295 e. The van der Waals surface area contributed by atoms with Gasteiger partial charge in [0.15, 0.2) is 5.78 Å². The predicted octanol–water partition coefficient (Wildman–Crippen LogP) is 2.87. The molecule has 16 heavy (non-hydrogen) atoms. The maximum Gasteiger partial charge on any atom is 0.155 e. The van der Waals surface area contributed by atoms with Crippen molar-refractivity contribution in [3.63, 3.8) is 0 Å². The molecule has 0 fully saturated rings. The predicted molar refractivity (Wildman–Crippen MR) is 64.3 cm³/mol. The van der Waals surface area contributed by atoms with E-state index in [0.29, 0.717) is 6.42 Å². The Bertz CT molecular complexity index is 403. The lowest BCUT2D eigenvalue weighted by Crippen LogP contribution is -2.05. The average molecular weight is 215 g/mol. The van der Waals surface area contributed by atoms with Gasteiger partial charge in [0.2, 0.25) is 0 Å². The van der Waals surface area contributed by atoms with Crippen LogP contribution in [0.1, 0.15) is 37.4 Å². The van der Waals surface area contributed by atoms with Crippen molar-refractivity contribution in [2.24, 2.45) is 0 Å². The van der Waals surface area contributed by atoms with Crippen molar-refractivity contribution in [3.8, 4) is 0 Å². The highest BCUT2D eigenvalue weighted by atomic mass is 16.1. The van der Waals surface area contributed by atoms with Gasteiger partial charge in [-0.05, 0) is 37.0 Å². The van der Waals surface area contributed by atoms with Crippen LogP contribution >= 0.6 is 0 Å². The molecule has 1 aliphatic rings. The third-order valence-electron chi connectivity index (χ3n) is 2.99. The van der Waals surface area contributed by atoms with Crippen LogP contribution in [0.25, 0.3) is 0 Å². The Morgan fingerprint density at radius 1 is 1.31 bits per heavy atom. The monoisotopic (exact) mass is 215 g/mol. The van der Waals surface area contributed by atoms with Crippen molar-refractivity contribution in [2.45, 2.75) is 39.0 Å². The Morgan fingerprint density at radius 2 is 2.19 bits per heavy atom. The van der Waals surface area contributed by atoms with E-state index >= 15 is 0 Å². The Balaban J connectivity index is 2.05. The molecule has 0 spiro atoms. The van der Waals surface area contributed by atoms with Crippen molar-refractivity contribution < 1.29 is 4.79 Å². The first-order chi connectivity index (χ1) is 7.78. The highest BCUT2D eigenvalue weighted by Crippen LogP contribution is 2.18. The molecule has 0 aliphatic heterocycles. The molecule has 0 atom stereocenters. The van der Waals surface area contributed by atoms with Gasteiger partial charge in [-0.25, -0.2) is 0 Å². The Kier molecular flexibility index (Phi) is 3.50. The minimum atomic E-state index is 0.270. The van der Waals surface area contributed by atoms with E-state index in [1.807, 2.05) is 6.20 Å². The standard InChI is InChI=1S/C14H17NO/c1-2-11-6-7-13(15-10-11)8-12-4-3-5-14(16)9-12/h6-7,9-10H,2-5,8H2,1H3. The third-order valence-corrected chi connectivity index (χ3v) is 2.99. The largest absolute Gasteiger partial charge is 0.295 e. The van der Waals surface area contributed by atoms with Gasteiger partial charge in [0.1, 0.15) is 0 Å². The Hall–Kier alpha value is -1.44. The summed E-state index contributed by atoms with van der Waals surface area (Å²) in [5.74, 6) is 0.270. The van der Waals surface area contributed by atoms with E-state index < -0.39 is 0 Å². The first-order valence-corrected chi connectivity index (χ1v) is 5.94. The van der Waals surface area contributed by atoms with Gasteiger partial charge in [-0.2, -0.15) is 0 Å². The zero-order valence-corrected chi connectivity index (χ0v) is 9.70. The summed E-state index contributed by atoms with van der Waals surface area (Å²) in [6.07, 6.45) is 8.34. The topological polar surface area (TPSA) is 30.0 Å². The highest BCUT2D eigenvalue weighted by molar-refractivity contribution is 5.91. The van der Waals surface area contributed by atoms with Crippen LogP contribution < -0.4 is 0 Å². The van der Waals surface area contributed by atoms with Crippen LogP contribution in [0.15, 0.2) is 30.0 Å². The van der Waals surface area contributed by atoms with Crippen LogP contribution in [0.2, 0.25) is 0 Å². The molecule has 1 aromatic heterocycles. The number of hydrogen-bond donors (Lipinski definition) is 0. The lowest BCUT2D eigenvalue weighted by molar-refractivity contribution is -0.115. The molecule has 0 aromatic carbocycles. The molecule has 2 heteroatoms. The van der Waals surface area contributed by atoms with E-state index in [1.54, 1.807) is 6.08 Å². The van der Waals surface area contributed by atoms with E-state index in [1.165, 1.54) is 11.1 Å². The quantitative estimate of drug-likeness (QED) is 0.776. The molecule has 2 rings (SSSR count). The molecule has 2 nitrogen and oxygen atoms in total. The number of allylic oxidation sites excluding steroid dienone is 2. The second kappa shape index (κ2) is 5.06. The zero-order chi connectivity index (χ0) is 11.4. The molecular formula is C14H17NO. The average Bonchev–Trinajstić information content (AvgIpc) is 2.30. The molecule has 84 valence electrons. The fourth-order valence-corrected chi connectivity index (χ4v) is 2.00. The number of hydrogen-bond acceptors (Lipinski definition) is 2. The summed E-state index contributed by atoms with van der Waals surface area (Å²) in [7, 11) is 0. The van der Waals surface area contributed by atoms with Gasteiger partial charge in [-0.15, -0.1) is 0 Å². The second-order valence-corrected chi connectivity index (χ2v) is 4.31. The fraction of sp³-hybridized carbons (Fsp3) is 0.429. The Labute approximate surface area is 96.4 Å². The van der Waals surface area contributed by atoms with Crippen LogP contribution in [-0.4, -0.2) is 10.8 Å². The maximum atomic E-state index is 11.3. The number of carbonyl (C=O) groups excluding carboxylic acids is 1. The normalized spacial score (nSPS) is 16.1. The van der Waals surface area contributed by atoms with E-state index in [-0.39, 0.29) is 5.78 Å². The van der Waals surface area contributed by atoms with E-state index in [0.717, 1.165) is 31.4 Å². The maximum absolute atomic E-state index is 11.3. The van der Waals surface area contributed by atoms with Crippen molar-refractivity contribution in [3.05, 3.63) is 41.2 Å². The first-order valence-electron chi connectivity index (χ1n) is 5.94. The summed E-state index contributed by atoms with van der Waals surface area (Å²) < 4.78 is 0. The van der Waals surface area contributed by atoms with Crippen LogP contribution in [0.4, 0.5) is 0 Å². The molecule has 0 N–H and O–H groups in total. The number of rotatable bonds is 3. The molecule has 0 radical (unpaired) electrons. The van der Waals surface area contributed by atoms with Crippen molar-refractivity contribution in [2.75, 3.05) is 0 Å². The van der Waals surface area contributed by atoms with E-state index in [9.17, 15) is 4.79 Å². The van der Waals surface area contributed by atoms with Gasteiger partial charge in [0.25, 0.3) is 0 Å². The minimum absolute atomic E-state index is 0.270. The summed E-state index contributed by atoms with van der Waals surface area (Å²) in [6.45, 7) is 2.12. The number of carbonyl (C=O) groups is 1. The molecule has 1 aromatic rings. The molecule has 0 bridgehead atoms. The molecular weight excluding hydrogens is 198 g/mol. The van der Waals surface area contributed by atoms with E-state index in [2.05, 4.69) is 24.0 Å². The summed E-state index contributed by atoms with van der Waals surface area (Å²) in [5.41, 5.74) is 3.56. The highest BCUT2D eigenvalue weighted by Gasteiger charge is 2.10. The lowest BCUT2D eigenvalue weighted by atomic mass is 9.95. The zero-order valence-electron chi connectivity index (χ0n) is 9.70. The van der Waals surface area contributed by atoms with Crippen molar-refractivity contribution in [1.29, 1.82) is 0 Å². The molecule has 1 heterocycles. The van der Waals surface area contributed by atoms with Gasteiger partial charge in [-0.1, -0.05) is 18.6 Å². The summed E-state index contributed by atoms with van der Waals surface area (Å²) >= 11 is 0. The summed E-state index contributed by atoms with van der Waals surface area (Å²) in [5, 5.41) is 0. The number of nitrogens with zero attached hydrogens (tertiary/aromatic N) is 1. The number of pyridine rings is 1. The summed E-state index contributed by atoms with van der Waals surface area (Å²) in [6, 6.07) is 4.19. The molecule has 0 saturated carbocycles. The van der Waals surface area contributed by atoms with Crippen molar-refractivity contribution in [1.82, 2.24) is 4.98 Å². The fourth-order valence-electron chi connectivity index (χ4n) is 2.00. The van der Waals surface area contributed by atoms with Crippen molar-refractivity contribution >= 4 is 5.78 Å². The number of aromatic nitrogens is 1. The lowest BCUT2D eigenvalue weighted by Gasteiger charge is -2.11. The van der Waals surface area contributed by atoms with Gasteiger partial charge >= 0.3 is 0 Å². The number of ketones is 1. The van der Waals surface area contributed by atoms with Gasteiger partial charge < -0.3 is 0 Å². The third kappa shape index (κ3) is 2.78. The van der Waals surface area contributed by atoms with E-state index in [4.69, 9.17) is 0 Å². The van der Waals surface area contributed by atoms with Crippen LogP contribution in [0.3, 0.4) is 0 Å². The van der Waals surface area contributed by atoms with Gasteiger partial charge in [0, 0.05) is 24.7 Å². The van der Waals surface area contributed by atoms with Crippen LogP contribution in [0.5, 0.6) is 0 Å². The van der Waals surface area contributed by atoms with Gasteiger partial charge in [-0.3, -0.25) is 9.78 Å². The molecule has 1 aliphatic carbocycles. The van der Waals surface area contributed by atoms with Crippen LogP contribution in [-0.2, 0) is 17.6 Å². The smallest absolute Gasteiger partial charge is 0.155 e.